The van der Waals surface area contributed by atoms with Crippen molar-refractivity contribution in [3.8, 4) is 6.01 Å². The Kier molecular flexibility index (Phi) is 5.32. The van der Waals surface area contributed by atoms with Crippen LogP contribution in [-0.4, -0.2) is 52.5 Å². The average molecular weight is 314 g/mol. The molecule has 1 atom stereocenters. The number of hydrogen-bond acceptors (Lipinski definition) is 6. The van der Waals surface area contributed by atoms with Crippen molar-refractivity contribution >= 4 is 23.5 Å². The first-order valence-corrected chi connectivity index (χ1v) is 6.97. The predicted molar refractivity (Wildman–Crippen MR) is 73.9 cm³/mol. The van der Waals surface area contributed by atoms with Crippen molar-refractivity contribution in [1.82, 2.24) is 14.9 Å². The molecule has 0 N–H and O–H groups in total. The van der Waals surface area contributed by atoms with Gasteiger partial charge in [-0.1, -0.05) is 11.6 Å². The third-order valence-corrected chi connectivity index (χ3v) is 3.19. The third kappa shape index (κ3) is 4.86. The number of ether oxygens (including phenoxy) is 2. The Labute approximate surface area is 127 Å². The van der Waals surface area contributed by atoms with Crippen LogP contribution >= 0.6 is 11.6 Å². The molecule has 1 saturated heterocycles. The van der Waals surface area contributed by atoms with Crippen LogP contribution in [0.15, 0.2) is 12.4 Å². The van der Waals surface area contributed by atoms with Crippen LogP contribution in [0.25, 0.3) is 0 Å². The molecule has 1 aliphatic rings. The molecule has 0 radical (unpaired) electrons. The second-order valence-electron chi connectivity index (χ2n) is 4.69. The summed E-state index contributed by atoms with van der Waals surface area (Å²) in [6.45, 7) is 2.08. The maximum atomic E-state index is 11.9. The summed E-state index contributed by atoms with van der Waals surface area (Å²) in [5, 5.41) is 0.434. The summed E-state index contributed by atoms with van der Waals surface area (Å²) in [5.41, 5.74) is 0. The van der Waals surface area contributed by atoms with Crippen molar-refractivity contribution in [3.05, 3.63) is 17.4 Å². The molecule has 0 saturated carbocycles. The van der Waals surface area contributed by atoms with Crippen LogP contribution < -0.4 is 4.74 Å². The molecule has 21 heavy (non-hydrogen) atoms. The summed E-state index contributed by atoms with van der Waals surface area (Å²) in [4.78, 5) is 32.2. The number of aromatic nitrogens is 2. The van der Waals surface area contributed by atoms with Gasteiger partial charge in [-0.05, 0) is 12.8 Å². The van der Waals surface area contributed by atoms with E-state index in [4.69, 9.17) is 21.1 Å². The van der Waals surface area contributed by atoms with Crippen molar-refractivity contribution < 1.29 is 19.1 Å². The van der Waals surface area contributed by atoms with E-state index >= 15 is 0 Å². The van der Waals surface area contributed by atoms with Crippen molar-refractivity contribution in [2.45, 2.75) is 25.9 Å². The van der Waals surface area contributed by atoms with E-state index in [-0.39, 0.29) is 24.6 Å². The minimum atomic E-state index is -0.470. The summed E-state index contributed by atoms with van der Waals surface area (Å²) >= 11 is 5.70. The lowest BCUT2D eigenvalue weighted by atomic mass is 10.1. The fourth-order valence-electron chi connectivity index (χ4n) is 2.03. The number of carbonyl (C=O) groups excluding carboxylic acids is 2. The van der Waals surface area contributed by atoms with E-state index < -0.39 is 5.97 Å². The normalized spacial score (nSPS) is 18.2. The molecule has 1 unspecified atom stereocenters. The van der Waals surface area contributed by atoms with Gasteiger partial charge in [0.2, 0.25) is 0 Å². The minimum absolute atomic E-state index is 0.179. The Morgan fingerprint density at radius 1 is 1.43 bits per heavy atom. The van der Waals surface area contributed by atoms with Gasteiger partial charge in [0.15, 0.2) is 6.61 Å². The molecule has 2 rings (SSSR count). The first-order valence-electron chi connectivity index (χ1n) is 6.60. The molecule has 0 bridgehead atoms. The summed E-state index contributed by atoms with van der Waals surface area (Å²) < 4.78 is 10.3. The van der Waals surface area contributed by atoms with Gasteiger partial charge in [-0.2, -0.15) is 0 Å². The van der Waals surface area contributed by atoms with E-state index in [1.54, 1.807) is 4.90 Å². The molecule has 1 aliphatic heterocycles. The van der Waals surface area contributed by atoms with E-state index in [0.717, 1.165) is 12.8 Å². The number of esters is 1. The van der Waals surface area contributed by atoms with Gasteiger partial charge >= 0.3 is 12.0 Å². The zero-order chi connectivity index (χ0) is 15.2. The van der Waals surface area contributed by atoms with Crippen molar-refractivity contribution in [3.63, 3.8) is 0 Å². The average Bonchev–Trinajstić information content (AvgIpc) is 2.47. The van der Waals surface area contributed by atoms with Gasteiger partial charge in [0, 0.05) is 13.5 Å². The maximum Gasteiger partial charge on any atom is 0.316 e. The standard InChI is InChI=1S/C13H16ClN3O4/c1-9(18)20-8-12(19)17-4-2-3-11(7-17)21-13-15-5-10(14)6-16-13/h5-6,11H,2-4,7-8H2,1H3. The molecule has 0 spiro atoms. The molecule has 1 aromatic heterocycles. The summed E-state index contributed by atoms with van der Waals surface area (Å²) in [5.74, 6) is -0.696. The van der Waals surface area contributed by atoms with Gasteiger partial charge in [0.1, 0.15) is 6.10 Å². The Hall–Kier alpha value is -1.89. The second-order valence-corrected chi connectivity index (χ2v) is 5.12. The lowest BCUT2D eigenvalue weighted by Gasteiger charge is -2.32. The number of likely N-dealkylation sites (tertiary alicyclic amines) is 1. The first-order chi connectivity index (χ1) is 10.0. The zero-order valence-electron chi connectivity index (χ0n) is 11.6. The van der Waals surface area contributed by atoms with Crippen molar-refractivity contribution in [2.75, 3.05) is 19.7 Å². The molecule has 8 heteroatoms. The molecule has 2 heterocycles. The minimum Gasteiger partial charge on any atom is -0.458 e. The van der Waals surface area contributed by atoms with Crippen molar-refractivity contribution in [1.29, 1.82) is 0 Å². The van der Waals surface area contributed by atoms with Gasteiger partial charge in [-0.15, -0.1) is 0 Å². The number of amides is 1. The van der Waals surface area contributed by atoms with E-state index in [1.165, 1.54) is 19.3 Å². The summed E-state index contributed by atoms with van der Waals surface area (Å²) in [6.07, 6.45) is 4.35. The summed E-state index contributed by atoms with van der Waals surface area (Å²) in [7, 11) is 0. The predicted octanol–water partition coefficient (Wildman–Crippen LogP) is 1.06. The Morgan fingerprint density at radius 2 is 2.14 bits per heavy atom. The van der Waals surface area contributed by atoms with Crippen LogP contribution in [0.1, 0.15) is 19.8 Å². The number of rotatable bonds is 4. The van der Waals surface area contributed by atoms with E-state index in [9.17, 15) is 9.59 Å². The van der Waals surface area contributed by atoms with Crippen LogP contribution in [0.5, 0.6) is 6.01 Å². The van der Waals surface area contributed by atoms with Crippen LogP contribution in [0.4, 0.5) is 0 Å². The van der Waals surface area contributed by atoms with Gasteiger partial charge in [0.05, 0.1) is 24.0 Å². The topological polar surface area (TPSA) is 81.6 Å². The van der Waals surface area contributed by atoms with Crippen LogP contribution in [0.3, 0.4) is 0 Å². The van der Waals surface area contributed by atoms with Gasteiger partial charge in [-0.25, -0.2) is 9.97 Å². The molecule has 0 aromatic carbocycles. The monoisotopic (exact) mass is 313 g/mol. The zero-order valence-corrected chi connectivity index (χ0v) is 12.4. The quantitative estimate of drug-likeness (QED) is 0.773. The molecule has 1 amide bonds. The van der Waals surface area contributed by atoms with Crippen LogP contribution in [-0.2, 0) is 14.3 Å². The lowest BCUT2D eigenvalue weighted by molar-refractivity contribution is -0.151. The largest absolute Gasteiger partial charge is 0.458 e. The van der Waals surface area contributed by atoms with E-state index in [1.807, 2.05) is 0 Å². The number of piperidine rings is 1. The highest BCUT2D eigenvalue weighted by Crippen LogP contribution is 2.16. The third-order valence-electron chi connectivity index (χ3n) is 3.00. The van der Waals surface area contributed by atoms with Crippen LogP contribution in [0, 0.1) is 0 Å². The maximum absolute atomic E-state index is 11.9. The van der Waals surface area contributed by atoms with E-state index in [2.05, 4.69) is 9.97 Å². The van der Waals surface area contributed by atoms with E-state index in [0.29, 0.717) is 18.1 Å². The molecule has 114 valence electrons. The highest BCUT2D eigenvalue weighted by molar-refractivity contribution is 6.30. The SMILES string of the molecule is CC(=O)OCC(=O)N1CCCC(Oc2ncc(Cl)cn2)C1. The van der Waals surface area contributed by atoms with Crippen molar-refractivity contribution in [2.24, 2.45) is 0 Å². The first kappa shape index (κ1) is 15.5. The van der Waals surface area contributed by atoms with Gasteiger partial charge < -0.3 is 14.4 Å². The molecular formula is C13H16ClN3O4. The Bertz CT molecular complexity index is 509. The van der Waals surface area contributed by atoms with Gasteiger partial charge in [0.25, 0.3) is 5.91 Å². The molecule has 1 fully saturated rings. The number of halogens is 1. The molecule has 7 nitrogen and oxygen atoms in total. The fraction of sp³-hybridized carbons (Fsp3) is 0.538. The molecule has 1 aromatic rings. The molecular weight excluding hydrogens is 298 g/mol. The molecule has 0 aliphatic carbocycles. The number of nitrogens with zero attached hydrogens (tertiary/aromatic N) is 3. The summed E-state index contributed by atoms with van der Waals surface area (Å²) in [6, 6.07) is 0.235. The Morgan fingerprint density at radius 3 is 2.81 bits per heavy atom. The fourth-order valence-corrected chi connectivity index (χ4v) is 2.12. The Balaban J connectivity index is 1.86. The number of hydrogen-bond donors (Lipinski definition) is 0. The smallest absolute Gasteiger partial charge is 0.316 e. The lowest BCUT2D eigenvalue weighted by Crippen LogP contribution is -2.46. The number of carbonyl (C=O) groups is 2. The van der Waals surface area contributed by atoms with Crippen LogP contribution in [0.2, 0.25) is 5.02 Å². The highest BCUT2D eigenvalue weighted by atomic mass is 35.5. The van der Waals surface area contributed by atoms with Gasteiger partial charge in [-0.3, -0.25) is 9.59 Å². The highest BCUT2D eigenvalue weighted by Gasteiger charge is 2.25. The second kappa shape index (κ2) is 7.21.